The summed E-state index contributed by atoms with van der Waals surface area (Å²) in [6.07, 6.45) is -4.64. The molecule has 0 aliphatic heterocycles. The number of ether oxygens (including phenoxy) is 1. The van der Waals surface area contributed by atoms with E-state index in [1.54, 1.807) is 6.92 Å². The third kappa shape index (κ3) is 4.31. The number of nitrogens with one attached hydrogen (secondary N) is 1. The second-order valence-corrected chi connectivity index (χ2v) is 7.52. The van der Waals surface area contributed by atoms with Gasteiger partial charge >= 0.3 is 6.18 Å². The highest BCUT2D eigenvalue weighted by Gasteiger charge is 2.32. The molecule has 4 nitrogen and oxygen atoms in total. The van der Waals surface area contributed by atoms with E-state index in [4.69, 9.17) is 27.9 Å². The molecule has 0 aliphatic carbocycles. The number of alkyl halides is 3. The molecule has 0 radical (unpaired) electrons. The van der Waals surface area contributed by atoms with Gasteiger partial charge in [0.25, 0.3) is 10.0 Å². The number of anilines is 1. The molecule has 0 aliphatic rings. The lowest BCUT2D eigenvalue weighted by molar-refractivity contribution is -0.137. The van der Waals surface area contributed by atoms with E-state index in [1.165, 1.54) is 19.2 Å². The number of rotatable bonds is 4. The number of methoxy groups -OCH3 is 1. The van der Waals surface area contributed by atoms with Crippen molar-refractivity contribution in [2.45, 2.75) is 18.0 Å². The molecule has 0 atom stereocenters. The van der Waals surface area contributed by atoms with Gasteiger partial charge in [-0.2, -0.15) is 13.2 Å². The van der Waals surface area contributed by atoms with Crippen molar-refractivity contribution in [1.29, 1.82) is 0 Å². The molecule has 0 spiro atoms. The van der Waals surface area contributed by atoms with Crippen LogP contribution < -0.4 is 9.46 Å². The lowest BCUT2D eigenvalue weighted by atomic mass is 10.2. The fourth-order valence-electron chi connectivity index (χ4n) is 2.00. The standard InChI is InChI=1S/C15H12Cl2F3NO3S/c1-8-5-14(11(17)7-10(8)16)25(22,23)21-12-6-9(15(18,19)20)3-4-13(12)24-2/h3-7,21H,1-2H3. The second-order valence-electron chi connectivity index (χ2n) is 5.05. The highest BCUT2D eigenvalue weighted by atomic mass is 35.5. The summed E-state index contributed by atoms with van der Waals surface area (Å²) in [6, 6.07) is 4.93. The molecule has 0 bridgehead atoms. The first kappa shape index (κ1) is 19.7. The molecule has 2 aromatic carbocycles. The average Bonchev–Trinajstić information content (AvgIpc) is 2.49. The largest absolute Gasteiger partial charge is 0.495 e. The van der Waals surface area contributed by atoms with E-state index in [2.05, 4.69) is 4.72 Å². The first-order valence-corrected chi connectivity index (χ1v) is 8.93. The van der Waals surface area contributed by atoms with Crippen LogP contribution >= 0.6 is 23.2 Å². The molecule has 0 unspecified atom stereocenters. The molecule has 0 saturated heterocycles. The minimum atomic E-state index is -4.64. The summed E-state index contributed by atoms with van der Waals surface area (Å²) in [5, 5.41) is 0.106. The maximum Gasteiger partial charge on any atom is 0.416 e. The van der Waals surface area contributed by atoms with Gasteiger partial charge in [-0.05, 0) is 42.8 Å². The number of halogens is 5. The van der Waals surface area contributed by atoms with Crippen molar-refractivity contribution in [2.24, 2.45) is 0 Å². The summed E-state index contributed by atoms with van der Waals surface area (Å²) in [7, 11) is -3.06. The van der Waals surface area contributed by atoms with E-state index in [9.17, 15) is 21.6 Å². The molecule has 0 heterocycles. The van der Waals surface area contributed by atoms with E-state index < -0.39 is 21.8 Å². The molecule has 0 aromatic heterocycles. The summed E-state index contributed by atoms with van der Waals surface area (Å²) < 4.78 is 70.7. The minimum absolute atomic E-state index is 0.0709. The molecular weight excluding hydrogens is 402 g/mol. The zero-order chi connectivity index (χ0) is 19.0. The summed E-state index contributed by atoms with van der Waals surface area (Å²) in [4.78, 5) is -0.310. The number of benzene rings is 2. The molecule has 2 rings (SSSR count). The van der Waals surface area contributed by atoms with Crippen LogP contribution in [0, 0.1) is 6.92 Å². The third-order valence-corrected chi connectivity index (χ3v) is 5.51. The van der Waals surface area contributed by atoms with Crippen LogP contribution in [0.5, 0.6) is 5.75 Å². The van der Waals surface area contributed by atoms with Crippen molar-refractivity contribution in [3.63, 3.8) is 0 Å². The summed E-state index contributed by atoms with van der Waals surface area (Å²) in [5.41, 5.74) is -0.937. The quantitative estimate of drug-likeness (QED) is 0.755. The van der Waals surface area contributed by atoms with Crippen molar-refractivity contribution in [3.8, 4) is 5.75 Å². The van der Waals surface area contributed by atoms with Gasteiger partial charge < -0.3 is 4.74 Å². The van der Waals surface area contributed by atoms with Gasteiger partial charge in [-0.15, -0.1) is 0 Å². The van der Waals surface area contributed by atoms with Gasteiger partial charge in [0.05, 0.1) is 23.4 Å². The maximum atomic E-state index is 12.9. The Morgan fingerprint density at radius 3 is 2.28 bits per heavy atom. The summed E-state index contributed by atoms with van der Waals surface area (Å²) in [6.45, 7) is 1.57. The molecule has 136 valence electrons. The van der Waals surface area contributed by atoms with Crippen molar-refractivity contribution in [1.82, 2.24) is 0 Å². The Hall–Kier alpha value is -1.64. The fraction of sp³-hybridized carbons (Fsp3) is 0.200. The van der Waals surface area contributed by atoms with Crippen LogP contribution in [-0.2, 0) is 16.2 Å². The van der Waals surface area contributed by atoms with Crippen molar-refractivity contribution in [3.05, 3.63) is 51.5 Å². The van der Waals surface area contributed by atoms with Gasteiger partial charge in [-0.1, -0.05) is 23.2 Å². The first-order chi connectivity index (χ1) is 11.5. The molecule has 25 heavy (non-hydrogen) atoms. The number of hydrogen-bond acceptors (Lipinski definition) is 3. The van der Waals surface area contributed by atoms with E-state index in [0.717, 1.165) is 12.1 Å². The third-order valence-electron chi connectivity index (χ3n) is 3.27. The van der Waals surface area contributed by atoms with Gasteiger partial charge in [0.15, 0.2) is 0 Å². The normalized spacial score (nSPS) is 12.1. The Kier molecular flexibility index (Phi) is 5.46. The molecule has 1 N–H and O–H groups in total. The molecular formula is C15H12Cl2F3NO3S. The van der Waals surface area contributed by atoms with Crippen LogP contribution in [0.4, 0.5) is 18.9 Å². The van der Waals surface area contributed by atoms with Crippen molar-refractivity contribution >= 4 is 38.9 Å². The summed E-state index contributed by atoms with van der Waals surface area (Å²) >= 11 is 11.8. The zero-order valence-electron chi connectivity index (χ0n) is 12.9. The monoisotopic (exact) mass is 413 g/mol. The zero-order valence-corrected chi connectivity index (χ0v) is 15.2. The van der Waals surface area contributed by atoms with Crippen LogP contribution in [0.25, 0.3) is 0 Å². The maximum absolute atomic E-state index is 12.9. The Bertz CT molecular complexity index is 915. The van der Waals surface area contributed by atoms with E-state index >= 15 is 0 Å². The Labute approximate surface area is 152 Å². The van der Waals surface area contributed by atoms with E-state index in [1.807, 2.05) is 0 Å². The average molecular weight is 414 g/mol. The molecule has 0 amide bonds. The van der Waals surface area contributed by atoms with Crippen LogP contribution in [-0.4, -0.2) is 15.5 Å². The molecule has 10 heteroatoms. The summed E-state index contributed by atoms with van der Waals surface area (Å²) in [5.74, 6) is -0.0709. The van der Waals surface area contributed by atoms with Crippen molar-refractivity contribution < 1.29 is 26.3 Å². The Balaban J connectivity index is 2.53. The highest BCUT2D eigenvalue weighted by Crippen LogP contribution is 2.36. The Morgan fingerprint density at radius 1 is 1.08 bits per heavy atom. The molecule has 2 aromatic rings. The topological polar surface area (TPSA) is 55.4 Å². The minimum Gasteiger partial charge on any atom is -0.495 e. The predicted octanol–water partition coefficient (Wildman–Crippen LogP) is 5.13. The van der Waals surface area contributed by atoms with Crippen LogP contribution in [0.1, 0.15) is 11.1 Å². The number of aryl methyl sites for hydroxylation is 1. The second kappa shape index (κ2) is 6.93. The van der Waals surface area contributed by atoms with Gasteiger partial charge in [0.1, 0.15) is 10.6 Å². The lowest BCUT2D eigenvalue weighted by Gasteiger charge is -2.15. The predicted molar refractivity (Wildman–Crippen MR) is 90.0 cm³/mol. The highest BCUT2D eigenvalue weighted by molar-refractivity contribution is 7.92. The van der Waals surface area contributed by atoms with Gasteiger partial charge in [0, 0.05) is 5.02 Å². The SMILES string of the molecule is COc1ccc(C(F)(F)F)cc1NS(=O)(=O)c1cc(C)c(Cl)cc1Cl. The van der Waals surface area contributed by atoms with Gasteiger partial charge in [0.2, 0.25) is 0 Å². The van der Waals surface area contributed by atoms with E-state index in [0.29, 0.717) is 11.6 Å². The van der Waals surface area contributed by atoms with E-state index in [-0.39, 0.29) is 26.4 Å². The molecule has 0 fully saturated rings. The first-order valence-electron chi connectivity index (χ1n) is 6.69. The smallest absolute Gasteiger partial charge is 0.416 e. The number of sulfonamides is 1. The molecule has 0 saturated carbocycles. The Morgan fingerprint density at radius 2 is 1.72 bits per heavy atom. The lowest BCUT2D eigenvalue weighted by Crippen LogP contribution is -2.15. The van der Waals surface area contributed by atoms with Crippen LogP contribution in [0.3, 0.4) is 0 Å². The van der Waals surface area contributed by atoms with Crippen molar-refractivity contribution in [2.75, 3.05) is 11.8 Å². The van der Waals surface area contributed by atoms with Crippen LogP contribution in [0.15, 0.2) is 35.2 Å². The van der Waals surface area contributed by atoms with Crippen LogP contribution in [0.2, 0.25) is 10.0 Å². The number of hydrogen-bond donors (Lipinski definition) is 1. The van der Waals surface area contributed by atoms with Gasteiger partial charge in [-0.3, -0.25) is 4.72 Å². The fourth-order valence-corrected chi connectivity index (χ4v) is 3.89. The van der Waals surface area contributed by atoms with Gasteiger partial charge in [-0.25, -0.2) is 8.42 Å².